The third-order valence-corrected chi connectivity index (χ3v) is 5.17. The zero-order valence-electron chi connectivity index (χ0n) is 14.8. The number of nitrogens with zero attached hydrogens (tertiary/aromatic N) is 1. The van der Waals surface area contributed by atoms with Gasteiger partial charge in [0.15, 0.2) is 0 Å². The fraction of sp³-hybridized carbons (Fsp3) is 0.381. The molecule has 1 aliphatic rings. The van der Waals surface area contributed by atoms with Gasteiger partial charge in [0.2, 0.25) is 0 Å². The van der Waals surface area contributed by atoms with Gasteiger partial charge < -0.3 is 15.3 Å². The van der Waals surface area contributed by atoms with Gasteiger partial charge in [-0.05, 0) is 37.0 Å². The highest BCUT2D eigenvalue weighted by molar-refractivity contribution is 6.33. The lowest BCUT2D eigenvalue weighted by Crippen LogP contribution is -2.46. The number of amides is 1. The van der Waals surface area contributed by atoms with Gasteiger partial charge in [-0.15, -0.1) is 0 Å². The molecule has 2 N–H and O–H groups in total. The molecule has 0 saturated carbocycles. The monoisotopic (exact) mass is 372 g/mol. The number of aliphatic hydroxyl groups excluding tert-OH is 1. The van der Waals surface area contributed by atoms with E-state index in [2.05, 4.69) is 5.32 Å². The molecule has 1 heterocycles. The molecule has 1 atom stereocenters. The first-order valence-corrected chi connectivity index (χ1v) is 9.50. The Hall–Kier alpha value is -1.88. The van der Waals surface area contributed by atoms with E-state index >= 15 is 0 Å². The molecule has 1 aliphatic heterocycles. The predicted molar refractivity (Wildman–Crippen MR) is 105 cm³/mol. The predicted octanol–water partition coefficient (Wildman–Crippen LogP) is 3.14. The van der Waals surface area contributed by atoms with Gasteiger partial charge in [0.25, 0.3) is 5.91 Å². The molecule has 5 heteroatoms. The van der Waals surface area contributed by atoms with E-state index in [9.17, 15) is 9.90 Å². The van der Waals surface area contributed by atoms with Crippen molar-refractivity contribution >= 4 is 17.5 Å². The van der Waals surface area contributed by atoms with Crippen LogP contribution in [0.15, 0.2) is 54.6 Å². The minimum atomic E-state index is -0.403. The zero-order valence-corrected chi connectivity index (χ0v) is 15.5. The second-order valence-corrected chi connectivity index (χ2v) is 7.21. The van der Waals surface area contributed by atoms with E-state index < -0.39 is 6.10 Å². The van der Waals surface area contributed by atoms with E-state index in [1.807, 2.05) is 47.4 Å². The van der Waals surface area contributed by atoms with Crippen molar-refractivity contribution < 1.29 is 9.90 Å². The molecule has 1 amide bonds. The lowest BCUT2D eigenvalue weighted by atomic mass is 10.0. The molecule has 0 unspecified atom stereocenters. The van der Waals surface area contributed by atoms with Crippen molar-refractivity contribution in [1.29, 1.82) is 0 Å². The van der Waals surface area contributed by atoms with E-state index in [1.54, 1.807) is 12.1 Å². The van der Waals surface area contributed by atoms with Gasteiger partial charge in [-0.1, -0.05) is 54.1 Å². The Balaban J connectivity index is 1.42. The van der Waals surface area contributed by atoms with Crippen LogP contribution < -0.4 is 5.32 Å². The molecule has 1 saturated heterocycles. The molecule has 2 aromatic rings. The molecule has 0 aromatic heterocycles. The van der Waals surface area contributed by atoms with Crippen LogP contribution in [-0.2, 0) is 6.42 Å². The van der Waals surface area contributed by atoms with Crippen molar-refractivity contribution in [1.82, 2.24) is 10.2 Å². The number of hydrogen-bond acceptors (Lipinski definition) is 3. The Morgan fingerprint density at radius 1 is 1.12 bits per heavy atom. The van der Waals surface area contributed by atoms with Crippen LogP contribution in [0.1, 0.15) is 28.8 Å². The molecule has 1 fully saturated rings. The van der Waals surface area contributed by atoms with Gasteiger partial charge >= 0.3 is 0 Å². The van der Waals surface area contributed by atoms with Crippen LogP contribution >= 0.6 is 11.6 Å². The van der Waals surface area contributed by atoms with Gasteiger partial charge in [-0.2, -0.15) is 0 Å². The Morgan fingerprint density at radius 2 is 1.77 bits per heavy atom. The summed E-state index contributed by atoms with van der Waals surface area (Å²) in [5, 5.41) is 14.2. The molecule has 0 bridgehead atoms. The fourth-order valence-corrected chi connectivity index (χ4v) is 3.57. The standard InChI is InChI=1S/C21H25ClN2O2/c22-20-9-5-4-8-19(20)21(26)24-12-10-17(11-13-24)23-15-18(25)14-16-6-2-1-3-7-16/h1-9,17-18,23,25H,10-15H2/t18-/m0/s1. The Kier molecular flexibility index (Phi) is 6.67. The number of benzene rings is 2. The van der Waals surface area contributed by atoms with E-state index in [4.69, 9.17) is 11.6 Å². The van der Waals surface area contributed by atoms with Gasteiger partial charge in [0, 0.05) is 25.7 Å². The van der Waals surface area contributed by atoms with Gasteiger partial charge in [-0.3, -0.25) is 4.79 Å². The smallest absolute Gasteiger partial charge is 0.255 e. The zero-order chi connectivity index (χ0) is 18.4. The quantitative estimate of drug-likeness (QED) is 0.819. The topological polar surface area (TPSA) is 52.6 Å². The molecule has 0 radical (unpaired) electrons. The maximum Gasteiger partial charge on any atom is 0.255 e. The second kappa shape index (κ2) is 9.17. The highest BCUT2D eigenvalue weighted by atomic mass is 35.5. The third-order valence-electron chi connectivity index (χ3n) is 4.84. The SMILES string of the molecule is O=C(c1ccccc1Cl)N1CCC(NC[C@@H](O)Cc2ccccc2)CC1. The number of hydrogen-bond donors (Lipinski definition) is 2. The minimum absolute atomic E-state index is 0.00170. The van der Waals surface area contributed by atoms with E-state index in [-0.39, 0.29) is 5.91 Å². The summed E-state index contributed by atoms with van der Waals surface area (Å²) < 4.78 is 0. The molecule has 138 valence electrons. The van der Waals surface area contributed by atoms with Gasteiger partial charge in [-0.25, -0.2) is 0 Å². The van der Waals surface area contributed by atoms with Crippen LogP contribution in [0.2, 0.25) is 5.02 Å². The summed E-state index contributed by atoms with van der Waals surface area (Å²) in [6.07, 6.45) is 2.01. The van der Waals surface area contributed by atoms with Crippen molar-refractivity contribution in [3.05, 3.63) is 70.7 Å². The van der Waals surface area contributed by atoms with Crippen LogP contribution in [0.25, 0.3) is 0 Å². The molecular formula is C21H25ClN2O2. The van der Waals surface area contributed by atoms with E-state index in [0.29, 0.717) is 42.7 Å². The Morgan fingerprint density at radius 3 is 2.46 bits per heavy atom. The summed E-state index contributed by atoms with van der Waals surface area (Å²) in [5.41, 5.74) is 1.71. The highest BCUT2D eigenvalue weighted by Gasteiger charge is 2.24. The third kappa shape index (κ3) is 5.07. The summed E-state index contributed by atoms with van der Waals surface area (Å²) in [7, 11) is 0. The molecule has 0 spiro atoms. The fourth-order valence-electron chi connectivity index (χ4n) is 3.35. The van der Waals surface area contributed by atoms with Crippen molar-refractivity contribution in [2.24, 2.45) is 0 Å². The van der Waals surface area contributed by atoms with Crippen molar-refractivity contribution in [3.8, 4) is 0 Å². The molecule has 2 aromatic carbocycles. The van der Waals surface area contributed by atoms with Crippen LogP contribution in [0.5, 0.6) is 0 Å². The van der Waals surface area contributed by atoms with Crippen LogP contribution in [0, 0.1) is 0 Å². The molecule has 26 heavy (non-hydrogen) atoms. The summed E-state index contributed by atoms with van der Waals surface area (Å²) in [5.74, 6) is -0.00170. The number of aliphatic hydroxyl groups is 1. The number of carbonyl (C=O) groups excluding carboxylic acids is 1. The number of piperidine rings is 1. The number of nitrogens with one attached hydrogen (secondary N) is 1. The van der Waals surface area contributed by atoms with Crippen LogP contribution in [0.4, 0.5) is 0 Å². The Labute approximate surface area is 159 Å². The number of likely N-dealkylation sites (tertiary alicyclic amines) is 1. The maximum atomic E-state index is 12.6. The second-order valence-electron chi connectivity index (χ2n) is 6.80. The Bertz CT molecular complexity index is 715. The van der Waals surface area contributed by atoms with Crippen LogP contribution in [0.3, 0.4) is 0 Å². The number of carbonyl (C=O) groups is 1. The van der Waals surface area contributed by atoms with Crippen LogP contribution in [-0.4, -0.2) is 47.7 Å². The first-order valence-electron chi connectivity index (χ1n) is 9.12. The average Bonchev–Trinajstić information content (AvgIpc) is 2.67. The summed E-state index contributed by atoms with van der Waals surface area (Å²) >= 11 is 6.13. The lowest BCUT2D eigenvalue weighted by Gasteiger charge is -2.33. The first-order chi connectivity index (χ1) is 12.6. The lowest BCUT2D eigenvalue weighted by molar-refractivity contribution is 0.0698. The van der Waals surface area contributed by atoms with Crippen molar-refractivity contribution in [3.63, 3.8) is 0 Å². The first kappa shape index (κ1) is 18.9. The van der Waals surface area contributed by atoms with Crippen molar-refractivity contribution in [2.75, 3.05) is 19.6 Å². The summed E-state index contributed by atoms with van der Waals surface area (Å²) in [4.78, 5) is 14.4. The summed E-state index contributed by atoms with van der Waals surface area (Å²) in [6, 6.07) is 17.5. The molecular weight excluding hydrogens is 348 g/mol. The minimum Gasteiger partial charge on any atom is -0.391 e. The van der Waals surface area contributed by atoms with Gasteiger partial charge in [0.05, 0.1) is 16.7 Å². The normalized spacial score (nSPS) is 16.5. The highest BCUT2D eigenvalue weighted by Crippen LogP contribution is 2.20. The molecule has 4 nitrogen and oxygen atoms in total. The van der Waals surface area contributed by atoms with Gasteiger partial charge in [0.1, 0.15) is 0 Å². The maximum absolute atomic E-state index is 12.6. The van der Waals surface area contributed by atoms with Crippen molar-refractivity contribution in [2.45, 2.75) is 31.4 Å². The number of rotatable bonds is 6. The number of halogens is 1. The molecule has 0 aliphatic carbocycles. The largest absolute Gasteiger partial charge is 0.391 e. The summed E-state index contributed by atoms with van der Waals surface area (Å²) in [6.45, 7) is 1.98. The van der Waals surface area contributed by atoms with E-state index in [0.717, 1.165) is 18.4 Å². The average molecular weight is 373 g/mol. The van der Waals surface area contributed by atoms with E-state index in [1.165, 1.54) is 0 Å². The molecule has 3 rings (SSSR count).